The van der Waals surface area contributed by atoms with Crippen LogP contribution < -0.4 is 11.1 Å². The molecule has 6 rings (SSSR count). The van der Waals surface area contributed by atoms with Gasteiger partial charge in [0.2, 0.25) is 0 Å². The van der Waals surface area contributed by atoms with Crippen molar-refractivity contribution in [3.8, 4) is 0 Å². The van der Waals surface area contributed by atoms with Crippen LogP contribution in [0.3, 0.4) is 0 Å². The fourth-order valence-corrected chi connectivity index (χ4v) is 5.94. The van der Waals surface area contributed by atoms with E-state index in [4.69, 9.17) is 10.7 Å². The van der Waals surface area contributed by atoms with Crippen molar-refractivity contribution in [2.75, 3.05) is 5.32 Å². The molecule has 0 unspecified atom stereocenters. The molecule has 4 bridgehead atoms. The predicted octanol–water partition coefficient (Wildman–Crippen LogP) is 5.41. The van der Waals surface area contributed by atoms with E-state index in [0.717, 1.165) is 34.9 Å². The molecule has 0 heterocycles. The van der Waals surface area contributed by atoms with Crippen molar-refractivity contribution in [2.45, 2.75) is 38.1 Å². The van der Waals surface area contributed by atoms with Crippen LogP contribution in [-0.4, -0.2) is 12.0 Å². The monoisotopic (exact) mass is 371 g/mol. The van der Waals surface area contributed by atoms with Crippen LogP contribution in [0.2, 0.25) is 0 Å². The number of nitrogens with one attached hydrogen (secondary N) is 1. The fraction of sp³-hybridized carbons (Fsp3) is 0.400. The molecule has 0 atom stereocenters. The maximum Gasteiger partial charge on any atom is 0.193 e. The van der Waals surface area contributed by atoms with E-state index in [1.165, 1.54) is 37.7 Å². The lowest BCUT2D eigenvalue weighted by Gasteiger charge is -2.53. The van der Waals surface area contributed by atoms with Crippen molar-refractivity contribution >= 4 is 23.8 Å². The fourth-order valence-electron chi connectivity index (χ4n) is 5.94. The van der Waals surface area contributed by atoms with Gasteiger partial charge in [-0.1, -0.05) is 60.7 Å². The summed E-state index contributed by atoms with van der Waals surface area (Å²) in [6.45, 7) is 0. The summed E-state index contributed by atoms with van der Waals surface area (Å²) >= 11 is 0. The highest BCUT2D eigenvalue weighted by Gasteiger charge is 2.48. The Kier molecular flexibility index (Phi) is 4.67. The highest BCUT2D eigenvalue weighted by molar-refractivity contribution is 5.95. The zero-order chi connectivity index (χ0) is 18.9. The molecule has 4 fully saturated rings. The zero-order valence-electron chi connectivity index (χ0n) is 16.3. The van der Waals surface area contributed by atoms with E-state index in [1.807, 2.05) is 12.1 Å². The van der Waals surface area contributed by atoms with E-state index >= 15 is 0 Å². The Morgan fingerprint density at radius 3 is 2.18 bits per heavy atom. The van der Waals surface area contributed by atoms with E-state index in [-0.39, 0.29) is 0 Å². The molecule has 3 heteroatoms. The van der Waals surface area contributed by atoms with Gasteiger partial charge in [-0.2, -0.15) is 0 Å². The molecule has 2 aromatic carbocycles. The SMILES string of the molecule is NC(=NC1C2CC3CC(C2)CC1C3)Nc1ccccc1/C=C/c1ccccc1. The molecule has 0 amide bonds. The van der Waals surface area contributed by atoms with Crippen molar-refractivity contribution in [1.82, 2.24) is 0 Å². The summed E-state index contributed by atoms with van der Waals surface area (Å²) in [6, 6.07) is 19.1. The lowest BCUT2D eigenvalue weighted by molar-refractivity contribution is 0.00124. The van der Waals surface area contributed by atoms with Crippen LogP contribution in [0.4, 0.5) is 5.69 Å². The molecule has 0 aliphatic heterocycles. The van der Waals surface area contributed by atoms with Crippen LogP contribution in [0.1, 0.15) is 43.2 Å². The van der Waals surface area contributed by atoms with Gasteiger partial charge < -0.3 is 11.1 Å². The van der Waals surface area contributed by atoms with Gasteiger partial charge in [-0.15, -0.1) is 0 Å². The van der Waals surface area contributed by atoms with Crippen LogP contribution in [0.15, 0.2) is 59.6 Å². The highest BCUT2D eigenvalue weighted by Crippen LogP contribution is 2.54. The quantitative estimate of drug-likeness (QED) is 0.429. The van der Waals surface area contributed by atoms with Crippen molar-refractivity contribution in [3.63, 3.8) is 0 Å². The van der Waals surface area contributed by atoms with Gasteiger partial charge in [0.15, 0.2) is 5.96 Å². The third kappa shape index (κ3) is 3.58. The second kappa shape index (κ2) is 7.46. The Bertz CT molecular complexity index is 856. The largest absolute Gasteiger partial charge is 0.370 e. The lowest BCUT2D eigenvalue weighted by Crippen LogP contribution is -2.48. The van der Waals surface area contributed by atoms with Gasteiger partial charge in [-0.3, -0.25) is 0 Å². The average molecular weight is 372 g/mol. The predicted molar refractivity (Wildman–Crippen MR) is 118 cm³/mol. The van der Waals surface area contributed by atoms with Crippen molar-refractivity contribution < 1.29 is 0 Å². The van der Waals surface area contributed by atoms with Crippen LogP contribution in [-0.2, 0) is 0 Å². The number of nitrogens with two attached hydrogens (primary N) is 1. The molecule has 3 nitrogen and oxygen atoms in total. The minimum Gasteiger partial charge on any atom is -0.370 e. The number of hydrogen-bond donors (Lipinski definition) is 2. The van der Waals surface area contributed by atoms with E-state index in [9.17, 15) is 0 Å². The molecular formula is C25H29N3. The Morgan fingerprint density at radius 1 is 0.821 bits per heavy atom. The summed E-state index contributed by atoms with van der Waals surface area (Å²) in [5.74, 6) is 4.01. The number of guanidine groups is 1. The second-order valence-electron chi connectivity index (χ2n) is 8.89. The summed E-state index contributed by atoms with van der Waals surface area (Å²) in [6.07, 6.45) is 11.2. The molecule has 0 aromatic heterocycles. The normalized spacial score (nSPS) is 31.4. The molecule has 4 saturated carbocycles. The van der Waals surface area contributed by atoms with Crippen molar-refractivity contribution in [2.24, 2.45) is 34.4 Å². The number of hydrogen-bond acceptors (Lipinski definition) is 1. The molecule has 144 valence electrons. The Balaban J connectivity index is 1.32. The van der Waals surface area contributed by atoms with Crippen molar-refractivity contribution in [1.29, 1.82) is 0 Å². The number of rotatable bonds is 4. The van der Waals surface area contributed by atoms with Crippen molar-refractivity contribution in [3.05, 3.63) is 65.7 Å². The summed E-state index contributed by atoms with van der Waals surface area (Å²) in [5.41, 5.74) is 9.70. The number of aliphatic imine (C=N–C) groups is 1. The highest BCUT2D eigenvalue weighted by atomic mass is 15.1. The minimum atomic E-state index is 0.423. The van der Waals surface area contributed by atoms with Gasteiger partial charge in [0.05, 0.1) is 6.04 Å². The standard InChI is InChI=1S/C25H29N3/c26-25(28-24-21-13-18-12-19(15-21)16-22(24)14-18)27-23-9-5-4-8-20(23)11-10-17-6-2-1-3-7-17/h1-11,18-19,21-22,24H,12-16H2,(H3,26,27,28)/b11-10+. The Labute approximate surface area is 167 Å². The first-order valence-electron chi connectivity index (χ1n) is 10.7. The second-order valence-corrected chi connectivity index (χ2v) is 8.89. The van der Waals surface area contributed by atoms with Gasteiger partial charge in [0, 0.05) is 5.69 Å². The Morgan fingerprint density at radius 2 is 1.46 bits per heavy atom. The molecule has 2 aromatic rings. The first-order valence-corrected chi connectivity index (χ1v) is 10.7. The summed E-state index contributed by atoms with van der Waals surface area (Å²) in [7, 11) is 0. The van der Waals surface area contributed by atoms with E-state index < -0.39 is 0 Å². The molecule has 4 aliphatic carbocycles. The number of para-hydroxylation sites is 1. The number of anilines is 1. The molecule has 0 spiro atoms. The summed E-state index contributed by atoms with van der Waals surface area (Å²) in [4.78, 5) is 4.99. The maximum atomic E-state index is 6.38. The number of benzene rings is 2. The molecular weight excluding hydrogens is 342 g/mol. The third-order valence-electron chi connectivity index (χ3n) is 6.94. The molecule has 0 radical (unpaired) electrons. The molecule has 4 aliphatic rings. The Hall–Kier alpha value is -2.55. The maximum absolute atomic E-state index is 6.38. The zero-order valence-corrected chi connectivity index (χ0v) is 16.3. The van der Waals surface area contributed by atoms with Gasteiger partial charge in [-0.05, 0) is 73.0 Å². The van der Waals surface area contributed by atoms with Gasteiger partial charge >= 0.3 is 0 Å². The van der Waals surface area contributed by atoms with Gasteiger partial charge in [0.1, 0.15) is 0 Å². The third-order valence-corrected chi connectivity index (χ3v) is 6.94. The van der Waals surface area contributed by atoms with Crippen LogP contribution >= 0.6 is 0 Å². The first kappa shape index (κ1) is 17.5. The van der Waals surface area contributed by atoms with Crippen LogP contribution in [0.25, 0.3) is 12.2 Å². The van der Waals surface area contributed by atoms with Gasteiger partial charge in [0.25, 0.3) is 0 Å². The summed E-state index contributed by atoms with van der Waals surface area (Å²) < 4.78 is 0. The molecule has 3 N–H and O–H groups in total. The first-order chi connectivity index (χ1) is 13.7. The van der Waals surface area contributed by atoms with Crippen LogP contribution in [0, 0.1) is 23.7 Å². The molecule has 0 saturated heterocycles. The lowest BCUT2D eigenvalue weighted by atomic mass is 9.54. The van der Waals surface area contributed by atoms with Gasteiger partial charge in [-0.25, -0.2) is 4.99 Å². The van der Waals surface area contributed by atoms with E-state index in [0.29, 0.717) is 12.0 Å². The van der Waals surface area contributed by atoms with E-state index in [1.54, 1.807) is 0 Å². The van der Waals surface area contributed by atoms with E-state index in [2.05, 4.69) is 59.9 Å². The average Bonchev–Trinajstić information content (AvgIpc) is 2.70. The number of nitrogens with zero attached hydrogens (tertiary/aromatic N) is 1. The summed E-state index contributed by atoms with van der Waals surface area (Å²) in [5, 5.41) is 3.38. The molecule has 28 heavy (non-hydrogen) atoms. The smallest absolute Gasteiger partial charge is 0.193 e. The van der Waals surface area contributed by atoms with Crippen LogP contribution in [0.5, 0.6) is 0 Å². The topological polar surface area (TPSA) is 50.4 Å². The minimum absolute atomic E-state index is 0.423.